The average Bonchev–Trinajstić information content (AvgIpc) is 2.88. The van der Waals surface area contributed by atoms with Gasteiger partial charge in [-0.25, -0.2) is 0 Å². The smallest absolute Gasteiger partial charge is 0.257 e. The van der Waals surface area contributed by atoms with E-state index in [4.69, 9.17) is 4.52 Å². The van der Waals surface area contributed by atoms with Gasteiger partial charge in [0.2, 0.25) is 0 Å². The van der Waals surface area contributed by atoms with Crippen LogP contribution in [-0.2, 0) is 6.54 Å². The summed E-state index contributed by atoms with van der Waals surface area (Å²) in [7, 11) is 0. The quantitative estimate of drug-likeness (QED) is 0.905. The van der Waals surface area contributed by atoms with Gasteiger partial charge in [-0.05, 0) is 19.1 Å². The van der Waals surface area contributed by atoms with Crippen LogP contribution in [0.15, 0.2) is 34.9 Å². The van der Waals surface area contributed by atoms with E-state index in [2.05, 4.69) is 27.3 Å². The summed E-state index contributed by atoms with van der Waals surface area (Å²) in [6, 6.07) is 10.4. The largest absolute Gasteiger partial charge is 0.334 e. The molecule has 1 aliphatic heterocycles. The van der Waals surface area contributed by atoms with Crippen LogP contribution in [0.25, 0.3) is 11.5 Å². The maximum absolute atomic E-state index is 5.32. The third-order valence-corrected chi connectivity index (χ3v) is 3.31. The van der Waals surface area contributed by atoms with Crippen LogP contribution in [0.3, 0.4) is 0 Å². The zero-order valence-corrected chi connectivity index (χ0v) is 11.0. The molecule has 1 aliphatic rings. The summed E-state index contributed by atoms with van der Waals surface area (Å²) in [5, 5.41) is 7.49. The van der Waals surface area contributed by atoms with Gasteiger partial charge in [-0.2, -0.15) is 4.98 Å². The minimum atomic E-state index is 0.522. The van der Waals surface area contributed by atoms with Crippen LogP contribution in [0.5, 0.6) is 0 Å². The predicted octanol–water partition coefficient (Wildman–Crippen LogP) is 1.53. The van der Waals surface area contributed by atoms with Crippen molar-refractivity contribution in [2.45, 2.75) is 19.5 Å². The molecule has 5 heteroatoms. The third kappa shape index (κ3) is 3.00. The van der Waals surface area contributed by atoms with E-state index >= 15 is 0 Å². The van der Waals surface area contributed by atoms with Crippen molar-refractivity contribution in [1.82, 2.24) is 20.4 Å². The summed E-state index contributed by atoms with van der Waals surface area (Å²) >= 11 is 0. The number of nitrogens with zero attached hydrogens (tertiary/aromatic N) is 3. The van der Waals surface area contributed by atoms with Gasteiger partial charge in [0.05, 0.1) is 6.54 Å². The standard InChI is InChI=1S/C14H18N4O/c1-11-9-18(8-7-15-11)10-13-16-14(19-17-13)12-5-3-2-4-6-12/h2-6,11,15H,7-10H2,1H3/t11-/m1/s1. The van der Waals surface area contributed by atoms with Crippen LogP contribution < -0.4 is 5.32 Å². The molecule has 100 valence electrons. The minimum absolute atomic E-state index is 0.522. The van der Waals surface area contributed by atoms with Gasteiger partial charge in [-0.1, -0.05) is 23.4 Å². The molecular formula is C14H18N4O. The van der Waals surface area contributed by atoms with Crippen LogP contribution in [0, 0.1) is 0 Å². The number of benzene rings is 1. The van der Waals surface area contributed by atoms with E-state index in [0.717, 1.165) is 37.6 Å². The zero-order chi connectivity index (χ0) is 13.1. The van der Waals surface area contributed by atoms with Crippen LogP contribution in [0.4, 0.5) is 0 Å². The molecule has 0 radical (unpaired) electrons. The van der Waals surface area contributed by atoms with E-state index < -0.39 is 0 Å². The lowest BCUT2D eigenvalue weighted by atomic mass is 10.2. The second kappa shape index (κ2) is 5.50. The molecule has 1 aromatic heterocycles. The first kappa shape index (κ1) is 12.3. The van der Waals surface area contributed by atoms with Gasteiger partial charge >= 0.3 is 0 Å². The topological polar surface area (TPSA) is 54.2 Å². The highest BCUT2D eigenvalue weighted by Gasteiger charge is 2.18. The van der Waals surface area contributed by atoms with Crippen molar-refractivity contribution in [2.24, 2.45) is 0 Å². The first-order valence-electron chi connectivity index (χ1n) is 6.65. The van der Waals surface area contributed by atoms with Crippen molar-refractivity contribution in [3.05, 3.63) is 36.2 Å². The maximum Gasteiger partial charge on any atom is 0.257 e. The van der Waals surface area contributed by atoms with Crippen molar-refractivity contribution in [2.75, 3.05) is 19.6 Å². The second-order valence-electron chi connectivity index (χ2n) is 4.97. The Labute approximate surface area is 112 Å². The highest BCUT2D eigenvalue weighted by atomic mass is 16.5. The summed E-state index contributed by atoms with van der Waals surface area (Å²) in [6.07, 6.45) is 0. The zero-order valence-electron chi connectivity index (χ0n) is 11.0. The van der Waals surface area contributed by atoms with Gasteiger partial charge < -0.3 is 9.84 Å². The molecule has 1 N–H and O–H groups in total. The van der Waals surface area contributed by atoms with Crippen molar-refractivity contribution in [3.8, 4) is 11.5 Å². The lowest BCUT2D eigenvalue weighted by molar-refractivity contribution is 0.193. The summed E-state index contributed by atoms with van der Waals surface area (Å²) < 4.78 is 5.32. The fourth-order valence-corrected chi connectivity index (χ4v) is 2.37. The van der Waals surface area contributed by atoms with Crippen LogP contribution in [-0.4, -0.2) is 40.7 Å². The van der Waals surface area contributed by atoms with Crippen molar-refractivity contribution in [3.63, 3.8) is 0 Å². The van der Waals surface area contributed by atoms with Crippen LogP contribution in [0.1, 0.15) is 12.7 Å². The number of hydrogen-bond donors (Lipinski definition) is 1. The van der Waals surface area contributed by atoms with Gasteiger partial charge in [0.25, 0.3) is 5.89 Å². The Bertz CT molecular complexity index is 525. The molecule has 19 heavy (non-hydrogen) atoms. The van der Waals surface area contributed by atoms with Crippen molar-refractivity contribution in [1.29, 1.82) is 0 Å². The molecule has 1 aromatic carbocycles. The summed E-state index contributed by atoms with van der Waals surface area (Å²) in [5.74, 6) is 1.35. The predicted molar refractivity (Wildman–Crippen MR) is 72.5 cm³/mol. The van der Waals surface area contributed by atoms with E-state index in [1.54, 1.807) is 0 Å². The van der Waals surface area contributed by atoms with Gasteiger partial charge in [0.1, 0.15) is 0 Å². The molecule has 2 aromatic rings. The normalized spacial score (nSPS) is 20.6. The Hall–Kier alpha value is -1.72. The maximum atomic E-state index is 5.32. The number of rotatable bonds is 3. The molecule has 0 unspecified atom stereocenters. The highest BCUT2D eigenvalue weighted by Crippen LogP contribution is 2.16. The van der Waals surface area contributed by atoms with E-state index in [-0.39, 0.29) is 0 Å². The SMILES string of the molecule is C[C@@H]1CN(Cc2noc(-c3ccccc3)n2)CCN1. The first-order chi connectivity index (χ1) is 9.31. The third-order valence-electron chi connectivity index (χ3n) is 3.31. The molecule has 1 fully saturated rings. The van der Waals surface area contributed by atoms with Crippen molar-refractivity contribution >= 4 is 0 Å². The molecule has 3 rings (SSSR count). The molecule has 1 atom stereocenters. The van der Waals surface area contributed by atoms with Gasteiger partial charge in [-0.15, -0.1) is 0 Å². The van der Waals surface area contributed by atoms with Crippen LogP contribution in [0.2, 0.25) is 0 Å². The molecule has 0 bridgehead atoms. The minimum Gasteiger partial charge on any atom is -0.334 e. The Kier molecular flexibility index (Phi) is 3.57. The summed E-state index contributed by atoms with van der Waals surface area (Å²) in [4.78, 5) is 6.81. The molecule has 0 saturated carbocycles. The molecule has 0 amide bonds. The van der Waals surface area contributed by atoms with Crippen molar-refractivity contribution < 1.29 is 4.52 Å². The Morgan fingerprint density at radius 3 is 3.00 bits per heavy atom. The van der Waals surface area contributed by atoms with Gasteiger partial charge in [0.15, 0.2) is 5.82 Å². The summed E-state index contributed by atoms with van der Waals surface area (Å²) in [6.45, 7) is 6.01. The number of piperazine rings is 1. The fourth-order valence-electron chi connectivity index (χ4n) is 2.37. The lowest BCUT2D eigenvalue weighted by Crippen LogP contribution is -2.48. The van der Waals surface area contributed by atoms with E-state index in [1.165, 1.54) is 0 Å². The Balaban J connectivity index is 1.68. The molecule has 2 heterocycles. The molecule has 0 aliphatic carbocycles. The summed E-state index contributed by atoms with van der Waals surface area (Å²) in [5.41, 5.74) is 0.968. The second-order valence-corrected chi connectivity index (χ2v) is 4.97. The lowest BCUT2D eigenvalue weighted by Gasteiger charge is -2.30. The molecule has 0 spiro atoms. The molecule has 5 nitrogen and oxygen atoms in total. The van der Waals surface area contributed by atoms with Crippen LogP contribution >= 0.6 is 0 Å². The molecular weight excluding hydrogens is 240 g/mol. The fraction of sp³-hybridized carbons (Fsp3) is 0.429. The van der Waals surface area contributed by atoms with E-state index in [0.29, 0.717) is 11.9 Å². The average molecular weight is 258 g/mol. The Morgan fingerprint density at radius 2 is 2.21 bits per heavy atom. The van der Waals surface area contributed by atoms with E-state index in [9.17, 15) is 0 Å². The van der Waals surface area contributed by atoms with Gasteiger partial charge in [-0.3, -0.25) is 4.90 Å². The van der Waals surface area contributed by atoms with E-state index in [1.807, 2.05) is 30.3 Å². The number of hydrogen-bond acceptors (Lipinski definition) is 5. The Morgan fingerprint density at radius 1 is 1.37 bits per heavy atom. The van der Waals surface area contributed by atoms with Gasteiger partial charge in [0, 0.05) is 31.2 Å². The molecule has 1 saturated heterocycles. The number of aromatic nitrogens is 2. The first-order valence-corrected chi connectivity index (χ1v) is 6.65. The highest BCUT2D eigenvalue weighted by molar-refractivity contribution is 5.51. The number of nitrogens with one attached hydrogen (secondary N) is 1. The monoisotopic (exact) mass is 258 g/mol.